The molecule has 0 amide bonds. The molecule has 568 valence electrons. The Labute approximate surface area is 607 Å². The van der Waals surface area contributed by atoms with Gasteiger partial charge in [-0.25, -0.2) is 0 Å². The quantitative estimate of drug-likeness (QED) is 0.0195. The molecule has 98 heavy (non-hydrogen) atoms. The maximum atomic E-state index is 12.9. The number of unbranched alkanes of at least 4 members (excludes halogenated alkanes) is 45. The lowest BCUT2D eigenvalue weighted by Gasteiger charge is -2.28. The monoisotopic (exact) mass is 1390 g/mol. The molecule has 0 aromatic rings. The Kier molecular flexibility index (Phi) is 75.2. The van der Waals surface area contributed by atoms with Gasteiger partial charge in [-0.1, -0.05) is 380 Å². The van der Waals surface area contributed by atoms with Crippen molar-refractivity contribution in [3.63, 3.8) is 0 Å². The first-order valence-electron chi connectivity index (χ1n) is 41.6. The van der Waals surface area contributed by atoms with Gasteiger partial charge in [-0.15, -0.1) is 0 Å². The molecule has 0 aliphatic heterocycles. The zero-order valence-corrected chi connectivity index (χ0v) is 65.9. The van der Waals surface area contributed by atoms with Crippen LogP contribution < -0.4 is 4.89 Å². The molecule has 2 atom stereocenters. The van der Waals surface area contributed by atoms with Gasteiger partial charge in [-0.2, -0.15) is 0 Å². The summed E-state index contributed by atoms with van der Waals surface area (Å²) in [5.74, 6) is -0.823. The van der Waals surface area contributed by atoms with Crippen LogP contribution in [0.4, 0.5) is 0 Å². The van der Waals surface area contributed by atoms with Crippen LogP contribution in [0, 0.1) is 0 Å². The van der Waals surface area contributed by atoms with E-state index in [1.165, 1.54) is 263 Å². The van der Waals surface area contributed by atoms with Crippen LogP contribution >= 0.6 is 7.82 Å². The van der Waals surface area contributed by atoms with Crippen molar-refractivity contribution >= 4 is 19.8 Å². The van der Waals surface area contributed by atoms with E-state index in [-0.39, 0.29) is 32.0 Å². The fourth-order valence-electron chi connectivity index (χ4n) is 12.0. The lowest BCUT2D eigenvalue weighted by molar-refractivity contribution is -0.870. The Morgan fingerprint density at radius 2 is 0.582 bits per heavy atom. The lowest BCUT2D eigenvalue weighted by Crippen LogP contribution is -2.37. The van der Waals surface area contributed by atoms with E-state index in [0.717, 1.165) is 89.9 Å². The molecule has 0 rings (SSSR count). The van der Waals surface area contributed by atoms with Crippen molar-refractivity contribution in [2.45, 2.75) is 392 Å². The molecule has 0 spiro atoms. The number of hydrogen-bond acceptors (Lipinski definition) is 8. The number of carbonyl (C=O) groups is 2. The van der Waals surface area contributed by atoms with E-state index in [1.54, 1.807) is 0 Å². The van der Waals surface area contributed by atoms with Gasteiger partial charge in [0.05, 0.1) is 27.7 Å². The average Bonchev–Trinajstić information content (AvgIpc) is 1.08. The molecular formula is C88H158NO8P. The minimum absolute atomic E-state index is 0.0331. The van der Waals surface area contributed by atoms with Crippen molar-refractivity contribution in [3.8, 4) is 0 Å². The third-order valence-electron chi connectivity index (χ3n) is 18.3. The molecule has 0 bridgehead atoms. The predicted molar refractivity (Wildman–Crippen MR) is 425 cm³/mol. The molecule has 0 aliphatic rings. The van der Waals surface area contributed by atoms with Gasteiger partial charge in [0.2, 0.25) is 0 Å². The van der Waals surface area contributed by atoms with E-state index < -0.39 is 26.5 Å². The summed E-state index contributed by atoms with van der Waals surface area (Å²) in [6.45, 7) is 4.17. The Balaban J connectivity index is 3.95. The van der Waals surface area contributed by atoms with Gasteiger partial charge < -0.3 is 27.9 Å². The van der Waals surface area contributed by atoms with Gasteiger partial charge >= 0.3 is 11.9 Å². The summed E-state index contributed by atoms with van der Waals surface area (Å²) in [5, 5.41) is 0. The highest BCUT2D eigenvalue weighted by Crippen LogP contribution is 2.38. The smallest absolute Gasteiger partial charge is 0.306 e. The molecule has 0 fully saturated rings. The highest BCUT2D eigenvalue weighted by Gasteiger charge is 2.22. The normalized spacial score (nSPS) is 13.6. The third kappa shape index (κ3) is 81.6. The first kappa shape index (κ1) is 94.7. The van der Waals surface area contributed by atoms with Gasteiger partial charge in [0.15, 0.2) is 6.10 Å². The molecule has 2 unspecified atom stereocenters. The topological polar surface area (TPSA) is 111 Å². The summed E-state index contributed by atoms with van der Waals surface area (Å²) >= 11 is 0. The van der Waals surface area contributed by atoms with Crippen LogP contribution in [-0.4, -0.2) is 70.0 Å². The Bertz CT molecular complexity index is 2030. The van der Waals surface area contributed by atoms with Crippen LogP contribution in [0.1, 0.15) is 386 Å². The molecule has 0 heterocycles. The largest absolute Gasteiger partial charge is 0.756 e. The molecule has 0 aromatic carbocycles. The number of hydrogen-bond donors (Lipinski definition) is 0. The van der Waals surface area contributed by atoms with E-state index in [9.17, 15) is 19.0 Å². The van der Waals surface area contributed by atoms with Crippen LogP contribution in [0.2, 0.25) is 0 Å². The lowest BCUT2D eigenvalue weighted by atomic mass is 10.0. The summed E-state index contributed by atoms with van der Waals surface area (Å²) in [7, 11) is 1.17. The Morgan fingerprint density at radius 3 is 0.878 bits per heavy atom. The highest BCUT2D eigenvalue weighted by atomic mass is 31.2. The van der Waals surface area contributed by atoms with E-state index in [0.29, 0.717) is 17.4 Å². The van der Waals surface area contributed by atoms with Crippen molar-refractivity contribution in [3.05, 3.63) is 109 Å². The second-order valence-electron chi connectivity index (χ2n) is 29.1. The Hall–Kier alpha value is -3.33. The molecule has 0 saturated heterocycles. The third-order valence-corrected chi connectivity index (χ3v) is 19.2. The van der Waals surface area contributed by atoms with Crippen LogP contribution in [0.5, 0.6) is 0 Å². The molecular weight excluding hydrogens is 1230 g/mol. The van der Waals surface area contributed by atoms with Crippen molar-refractivity contribution in [2.75, 3.05) is 47.5 Å². The zero-order chi connectivity index (χ0) is 71.1. The summed E-state index contributed by atoms with van der Waals surface area (Å²) in [4.78, 5) is 38.2. The second kappa shape index (κ2) is 77.8. The van der Waals surface area contributed by atoms with Crippen LogP contribution in [0.15, 0.2) is 109 Å². The number of allylic oxidation sites excluding steroid dienone is 18. The summed E-state index contributed by atoms with van der Waals surface area (Å²) in [6.07, 6.45) is 111. The molecule has 0 aliphatic carbocycles. The van der Waals surface area contributed by atoms with Crippen LogP contribution in [0.3, 0.4) is 0 Å². The molecule has 0 radical (unpaired) electrons. The summed E-state index contributed by atoms with van der Waals surface area (Å²) in [5.41, 5.74) is 0. The van der Waals surface area contributed by atoms with Crippen molar-refractivity contribution in [2.24, 2.45) is 0 Å². The van der Waals surface area contributed by atoms with Crippen LogP contribution in [0.25, 0.3) is 0 Å². The molecule has 0 N–H and O–H groups in total. The number of carbonyl (C=O) groups excluding carboxylic acids is 2. The van der Waals surface area contributed by atoms with Crippen LogP contribution in [-0.2, 0) is 32.7 Å². The van der Waals surface area contributed by atoms with Gasteiger partial charge in [0.1, 0.15) is 19.8 Å². The number of phosphoric ester groups is 1. The summed E-state index contributed by atoms with van der Waals surface area (Å²) < 4.78 is 34.4. The van der Waals surface area contributed by atoms with E-state index in [4.69, 9.17) is 18.5 Å². The maximum Gasteiger partial charge on any atom is 0.306 e. The van der Waals surface area contributed by atoms with E-state index in [2.05, 4.69) is 123 Å². The number of esters is 2. The minimum Gasteiger partial charge on any atom is -0.756 e. The SMILES string of the molecule is CC/C=C\C/C=C\C/C=C\C/C=C\C/C=C\C/C=C\C/C=C\C/C=C\CCCCCCCCCCCCCCC(=O)OC(COC(=O)CCCCCCCCCCCCCCCCCCCCCCCCCCC/C=C\CCCCCCCCCC)COP(=O)([O-])OCC[N+](C)(C)C. The Morgan fingerprint density at radius 1 is 0.327 bits per heavy atom. The average molecular weight is 1390 g/mol. The van der Waals surface area contributed by atoms with Gasteiger partial charge in [0.25, 0.3) is 7.82 Å². The fourth-order valence-corrected chi connectivity index (χ4v) is 12.7. The van der Waals surface area contributed by atoms with Crippen molar-refractivity contribution < 1.29 is 42.1 Å². The fraction of sp³-hybridized carbons (Fsp3) is 0.773. The molecule has 10 heteroatoms. The van der Waals surface area contributed by atoms with E-state index in [1.807, 2.05) is 21.1 Å². The second-order valence-corrected chi connectivity index (χ2v) is 30.5. The number of ether oxygens (including phenoxy) is 2. The first-order chi connectivity index (χ1) is 48.0. The van der Waals surface area contributed by atoms with Gasteiger partial charge in [-0.3, -0.25) is 14.2 Å². The standard InChI is InChI=1S/C88H158NO8P/c1-6-8-10-12-14-16-18-20-22-24-26-28-30-32-34-36-38-40-42-44-46-48-50-52-54-56-58-60-62-64-66-68-70-72-74-76-78-80-87(90)94-84-86(85-96-98(92,93)95-83-82-89(3,4)5)97-88(91)81-79-77-75-73-71-69-67-65-63-61-59-57-55-53-51-49-47-45-43-41-39-37-35-33-31-29-27-25-23-21-19-17-15-13-11-9-7-2/h9,11,15,17,21,23-24,26-27,29,33,35,39,41,45,47,51,53,86H,6-8,10,12-14,16,18-20,22,25,28,30-32,34,36-38,40,42-44,46,48-50,52,54-85H2,1-5H3/b11-9-,17-15-,23-21-,26-24-,29-27-,35-33-,41-39-,47-45-,53-51-. The number of phosphoric acid groups is 1. The molecule has 9 nitrogen and oxygen atoms in total. The van der Waals surface area contributed by atoms with Gasteiger partial charge in [-0.05, 0) is 103 Å². The number of quaternary nitrogens is 1. The predicted octanol–water partition coefficient (Wildman–Crippen LogP) is 27.3. The zero-order valence-electron chi connectivity index (χ0n) is 65.0. The minimum atomic E-state index is -4.65. The van der Waals surface area contributed by atoms with E-state index >= 15 is 0 Å². The highest BCUT2D eigenvalue weighted by molar-refractivity contribution is 7.45. The van der Waals surface area contributed by atoms with Gasteiger partial charge in [0, 0.05) is 12.8 Å². The maximum absolute atomic E-state index is 12.9. The number of nitrogens with zero attached hydrogens (tertiary/aromatic N) is 1. The van der Waals surface area contributed by atoms with Crippen molar-refractivity contribution in [1.82, 2.24) is 0 Å². The summed E-state index contributed by atoms with van der Waals surface area (Å²) in [6, 6.07) is 0. The number of rotatable bonds is 77. The molecule has 0 aromatic heterocycles. The van der Waals surface area contributed by atoms with Crippen molar-refractivity contribution in [1.29, 1.82) is 0 Å². The number of likely N-dealkylation sites (N-methyl/N-ethyl adjacent to an activating group) is 1. The molecule has 0 saturated carbocycles. The first-order valence-corrected chi connectivity index (χ1v) is 43.1.